The van der Waals surface area contributed by atoms with E-state index in [0.29, 0.717) is 28.6 Å². The summed E-state index contributed by atoms with van der Waals surface area (Å²) < 4.78 is 12.0. The Morgan fingerprint density at radius 2 is 2.00 bits per heavy atom. The van der Waals surface area contributed by atoms with Gasteiger partial charge in [-0.2, -0.15) is 0 Å². The Hall–Kier alpha value is -2.63. The number of benzene rings is 1. The number of hydrogen-bond acceptors (Lipinski definition) is 4. The minimum atomic E-state index is -0.268. The number of aryl methyl sites for hydroxylation is 1. The van der Waals surface area contributed by atoms with E-state index in [4.69, 9.17) is 15.2 Å². The number of ether oxygens (including phenoxy) is 2. The van der Waals surface area contributed by atoms with Gasteiger partial charge in [-0.3, -0.25) is 4.79 Å². The van der Waals surface area contributed by atoms with Gasteiger partial charge in [0.05, 0.1) is 25.6 Å². The highest BCUT2D eigenvalue weighted by Crippen LogP contribution is 2.29. The molecule has 0 bridgehead atoms. The van der Waals surface area contributed by atoms with Crippen molar-refractivity contribution < 1.29 is 14.3 Å². The van der Waals surface area contributed by atoms with Crippen LogP contribution in [0.1, 0.15) is 10.5 Å². The molecule has 0 spiro atoms. The molecular weight excluding hydrogens is 258 g/mol. The predicted molar refractivity (Wildman–Crippen MR) is 77.3 cm³/mol. The number of nitrogens with zero attached hydrogens (tertiary/aromatic N) is 1. The number of aromatic nitrogens is 1. The first-order valence-corrected chi connectivity index (χ1v) is 6.00. The van der Waals surface area contributed by atoms with Crippen molar-refractivity contribution in [2.45, 2.75) is 0 Å². The molecule has 6 nitrogen and oxygen atoms in total. The molecule has 0 aliphatic carbocycles. The van der Waals surface area contributed by atoms with E-state index in [9.17, 15) is 4.79 Å². The fraction of sp³-hybridized carbons (Fsp3) is 0.214. The number of rotatable bonds is 4. The summed E-state index contributed by atoms with van der Waals surface area (Å²) >= 11 is 0. The SMILES string of the molecule is COc1ccc(OC)c(NC(=O)c2cc(N)cn2C)c1. The molecule has 2 aromatic rings. The molecule has 2 rings (SSSR count). The molecule has 0 aliphatic heterocycles. The van der Waals surface area contributed by atoms with Crippen LogP contribution < -0.4 is 20.5 Å². The summed E-state index contributed by atoms with van der Waals surface area (Å²) in [7, 11) is 4.86. The van der Waals surface area contributed by atoms with Gasteiger partial charge < -0.3 is 25.1 Å². The van der Waals surface area contributed by atoms with Crippen LogP contribution in [0.5, 0.6) is 11.5 Å². The van der Waals surface area contributed by atoms with E-state index in [2.05, 4.69) is 5.32 Å². The molecule has 1 aromatic heterocycles. The lowest BCUT2D eigenvalue weighted by molar-refractivity contribution is 0.101. The van der Waals surface area contributed by atoms with Gasteiger partial charge in [0.2, 0.25) is 0 Å². The Balaban J connectivity index is 2.29. The standard InChI is InChI=1S/C14H17N3O3/c1-17-8-9(15)6-12(17)14(18)16-11-7-10(19-2)4-5-13(11)20-3/h4-8H,15H2,1-3H3,(H,16,18). The summed E-state index contributed by atoms with van der Waals surface area (Å²) in [6, 6.07) is 6.80. The molecule has 3 N–H and O–H groups in total. The summed E-state index contributed by atoms with van der Waals surface area (Å²) in [6.45, 7) is 0. The van der Waals surface area contributed by atoms with Crippen LogP contribution in [-0.4, -0.2) is 24.7 Å². The fourth-order valence-electron chi connectivity index (χ4n) is 1.91. The topological polar surface area (TPSA) is 78.5 Å². The third-order valence-corrected chi connectivity index (χ3v) is 2.91. The number of carbonyl (C=O) groups is 1. The van der Waals surface area contributed by atoms with Crippen LogP contribution in [0.15, 0.2) is 30.5 Å². The zero-order valence-corrected chi connectivity index (χ0v) is 11.6. The summed E-state index contributed by atoms with van der Waals surface area (Å²) in [5.74, 6) is 0.921. The third-order valence-electron chi connectivity index (χ3n) is 2.91. The number of nitrogens with one attached hydrogen (secondary N) is 1. The van der Waals surface area contributed by atoms with Crippen LogP contribution >= 0.6 is 0 Å². The molecule has 6 heteroatoms. The van der Waals surface area contributed by atoms with E-state index in [1.165, 1.54) is 7.11 Å². The first-order chi connectivity index (χ1) is 9.55. The lowest BCUT2D eigenvalue weighted by Gasteiger charge is -2.12. The predicted octanol–water partition coefficient (Wildman–Crippen LogP) is 1.88. The number of nitrogen functional groups attached to an aromatic ring is 1. The molecule has 1 aromatic carbocycles. The Morgan fingerprint density at radius 1 is 1.25 bits per heavy atom. The number of nitrogens with two attached hydrogens (primary N) is 1. The second kappa shape index (κ2) is 5.56. The smallest absolute Gasteiger partial charge is 0.272 e. The van der Waals surface area contributed by atoms with Crippen LogP contribution in [0, 0.1) is 0 Å². The Labute approximate surface area is 117 Å². The minimum absolute atomic E-state index is 0.268. The maximum Gasteiger partial charge on any atom is 0.272 e. The molecule has 0 atom stereocenters. The van der Waals surface area contributed by atoms with Crippen molar-refractivity contribution in [2.24, 2.45) is 7.05 Å². The van der Waals surface area contributed by atoms with E-state index < -0.39 is 0 Å². The van der Waals surface area contributed by atoms with Crippen molar-refractivity contribution in [1.82, 2.24) is 4.57 Å². The van der Waals surface area contributed by atoms with E-state index in [-0.39, 0.29) is 5.91 Å². The van der Waals surface area contributed by atoms with Crippen LogP contribution in [0.4, 0.5) is 11.4 Å². The lowest BCUT2D eigenvalue weighted by atomic mass is 10.2. The largest absolute Gasteiger partial charge is 0.497 e. The van der Waals surface area contributed by atoms with E-state index >= 15 is 0 Å². The first kappa shape index (κ1) is 13.8. The number of methoxy groups -OCH3 is 2. The highest BCUT2D eigenvalue weighted by molar-refractivity contribution is 6.04. The van der Waals surface area contributed by atoms with Gasteiger partial charge in [0, 0.05) is 19.3 Å². The van der Waals surface area contributed by atoms with Gasteiger partial charge in [-0.1, -0.05) is 0 Å². The van der Waals surface area contributed by atoms with E-state index in [1.54, 1.807) is 49.2 Å². The van der Waals surface area contributed by atoms with Gasteiger partial charge in [0.1, 0.15) is 17.2 Å². The minimum Gasteiger partial charge on any atom is -0.497 e. The number of carbonyl (C=O) groups excluding carboxylic acids is 1. The molecule has 0 fully saturated rings. The maximum absolute atomic E-state index is 12.2. The maximum atomic E-state index is 12.2. The molecule has 0 unspecified atom stereocenters. The van der Waals surface area contributed by atoms with Crippen molar-refractivity contribution in [3.63, 3.8) is 0 Å². The van der Waals surface area contributed by atoms with Crippen molar-refractivity contribution in [3.05, 3.63) is 36.2 Å². The summed E-state index contributed by atoms with van der Waals surface area (Å²) in [4.78, 5) is 12.2. The summed E-state index contributed by atoms with van der Waals surface area (Å²) in [5.41, 5.74) is 7.21. The van der Waals surface area contributed by atoms with Crippen molar-refractivity contribution in [1.29, 1.82) is 0 Å². The second-order valence-corrected chi connectivity index (χ2v) is 4.29. The van der Waals surface area contributed by atoms with Crippen molar-refractivity contribution in [3.8, 4) is 11.5 Å². The van der Waals surface area contributed by atoms with Gasteiger partial charge in [-0.25, -0.2) is 0 Å². The molecule has 106 valence electrons. The van der Waals surface area contributed by atoms with Crippen LogP contribution in [0.3, 0.4) is 0 Å². The highest BCUT2D eigenvalue weighted by Gasteiger charge is 2.14. The average molecular weight is 275 g/mol. The molecule has 0 saturated carbocycles. The Bertz CT molecular complexity index is 635. The molecule has 1 amide bonds. The zero-order chi connectivity index (χ0) is 14.7. The Kier molecular flexibility index (Phi) is 3.84. The number of hydrogen-bond donors (Lipinski definition) is 2. The van der Waals surface area contributed by atoms with Crippen LogP contribution in [0.2, 0.25) is 0 Å². The van der Waals surface area contributed by atoms with E-state index in [0.717, 1.165) is 0 Å². The first-order valence-electron chi connectivity index (χ1n) is 6.00. The number of anilines is 2. The van der Waals surface area contributed by atoms with Crippen molar-refractivity contribution >= 4 is 17.3 Å². The number of amides is 1. The molecule has 0 radical (unpaired) electrons. The van der Waals surface area contributed by atoms with Gasteiger partial charge >= 0.3 is 0 Å². The quantitative estimate of drug-likeness (QED) is 0.893. The van der Waals surface area contributed by atoms with Gasteiger partial charge in [0.25, 0.3) is 5.91 Å². The van der Waals surface area contributed by atoms with Gasteiger partial charge in [-0.05, 0) is 18.2 Å². The summed E-state index contributed by atoms with van der Waals surface area (Å²) in [5, 5.41) is 2.79. The second-order valence-electron chi connectivity index (χ2n) is 4.29. The molecule has 0 saturated heterocycles. The molecule has 1 heterocycles. The molecule has 0 aliphatic rings. The Morgan fingerprint density at radius 3 is 2.55 bits per heavy atom. The van der Waals surface area contributed by atoms with Gasteiger partial charge in [-0.15, -0.1) is 0 Å². The zero-order valence-electron chi connectivity index (χ0n) is 11.6. The van der Waals surface area contributed by atoms with Crippen LogP contribution in [-0.2, 0) is 7.05 Å². The lowest BCUT2D eigenvalue weighted by Crippen LogP contribution is -2.15. The average Bonchev–Trinajstić information content (AvgIpc) is 2.77. The molecular formula is C14H17N3O3. The fourth-order valence-corrected chi connectivity index (χ4v) is 1.91. The van der Waals surface area contributed by atoms with E-state index in [1.807, 2.05) is 0 Å². The van der Waals surface area contributed by atoms with Crippen molar-refractivity contribution in [2.75, 3.05) is 25.3 Å². The highest BCUT2D eigenvalue weighted by atomic mass is 16.5. The molecule has 20 heavy (non-hydrogen) atoms. The van der Waals surface area contributed by atoms with Gasteiger partial charge in [0.15, 0.2) is 0 Å². The monoisotopic (exact) mass is 275 g/mol. The summed E-state index contributed by atoms with van der Waals surface area (Å²) in [6.07, 6.45) is 1.68. The van der Waals surface area contributed by atoms with Crippen LogP contribution in [0.25, 0.3) is 0 Å². The third kappa shape index (κ3) is 2.69. The normalized spacial score (nSPS) is 10.2.